The van der Waals surface area contributed by atoms with Crippen LogP contribution in [0.4, 0.5) is 26.3 Å². The van der Waals surface area contributed by atoms with Crippen LogP contribution in [0.25, 0.3) is 10.8 Å². The van der Waals surface area contributed by atoms with Crippen LogP contribution in [-0.4, -0.2) is 0 Å². The van der Waals surface area contributed by atoms with Crippen LogP contribution < -0.4 is 0 Å². The molecule has 0 fully saturated rings. The molecule has 0 N–H and O–H groups in total. The molecule has 0 radical (unpaired) electrons. The van der Waals surface area contributed by atoms with Crippen LogP contribution in [0.5, 0.6) is 0 Å². The summed E-state index contributed by atoms with van der Waals surface area (Å²) in [5, 5.41) is -2.07. The molecule has 2 heterocycles. The van der Waals surface area contributed by atoms with Gasteiger partial charge in [-0.25, -0.2) is 26.3 Å². The molecular weight excluding hydrogens is 298 g/mol. The lowest BCUT2D eigenvalue weighted by molar-refractivity contribution is 0.0868. The van der Waals surface area contributed by atoms with Gasteiger partial charge in [0.25, 0.3) is 0 Å². The first-order valence-corrected chi connectivity index (χ1v) is 5.93. The van der Waals surface area contributed by atoms with Crippen LogP contribution in [0.15, 0.2) is 12.2 Å². The highest BCUT2D eigenvalue weighted by molar-refractivity contribution is 5.90. The Morgan fingerprint density at radius 2 is 1.05 bits per heavy atom. The number of halogens is 6. The van der Waals surface area contributed by atoms with Gasteiger partial charge in [-0.05, 0) is 0 Å². The molecule has 0 spiro atoms. The summed E-state index contributed by atoms with van der Waals surface area (Å²) < 4.78 is 87.6. The first-order valence-electron chi connectivity index (χ1n) is 5.93. The smallest absolute Gasteiger partial charge is 0.198 e. The fourth-order valence-electron chi connectivity index (χ4n) is 2.92. The molecule has 2 aliphatic heterocycles. The van der Waals surface area contributed by atoms with Crippen molar-refractivity contribution in [1.82, 2.24) is 0 Å². The topological polar surface area (TPSA) is 9.23 Å². The van der Waals surface area contributed by atoms with E-state index in [-0.39, 0.29) is 11.1 Å². The maximum absolute atomic E-state index is 14.0. The van der Waals surface area contributed by atoms with Crippen molar-refractivity contribution in [2.45, 2.75) is 12.2 Å². The number of hydrogen-bond acceptors (Lipinski definition) is 1. The third-order valence-electron chi connectivity index (χ3n) is 3.80. The van der Waals surface area contributed by atoms with Crippen LogP contribution in [0, 0.1) is 34.9 Å². The molecule has 0 saturated heterocycles. The number of ether oxygens (including phenoxy) is 1. The minimum atomic E-state index is -2.18. The van der Waals surface area contributed by atoms with Gasteiger partial charge >= 0.3 is 0 Å². The fraction of sp³-hybridized carbons (Fsp3) is 0.143. The zero-order valence-corrected chi connectivity index (χ0v) is 9.99. The molecule has 2 aromatic carbocycles. The first kappa shape index (κ1) is 12.7. The predicted octanol–water partition coefficient (Wildman–Crippen LogP) is 4.36. The zero-order valence-electron chi connectivity index (χ0n) is 9.99. The van der Waals surface area contributed by atoms with Gasteiger partial charge in [-0.1, -0.05) is 12.2 Å². The zero-order chi connectivity index (χ0) is 15.0. The van der Waals surface area contributed by atoms with Gasteiger partial charge in [-0.2, -0.15) is 0 Å². The minimum Gasteiger partial charge on any atom is -0.357 e. The Balaban J connectivity index is 2.30. The van der Waals surface area contributed by atoms with Gasteiger partial charge in [0.15, 0.2) is 34.9 Å². The van der Waals surface area contributed by atoms with Crippen LogP contribution in [0.2, 0.25) is 0 Å². The van der Waals surface area contributed by atoms with Gasteiger partial charge in [-0.3, -0.25) is 0 Å². The van der Waals surface area contributed by atoms with Crippen molar-refractivity contribution >= 4 is 10.8 Å². The van der Waals surface area contributed by atoms with Crippen molar-refractivity contribution in [2.75, 3.05) is 0 Å². The average molecular weight is 302 g/mol. The Labute approximate surface area is 113 Å². The highest BCUT2D eigenvalue weighted by Crippen LogP contribution is 2.51. The van der Waals surface area contributed by atoms with E-state index in [9.17, 15) is 26.3 Å². The maximum atomic E-state index is 14.0. The second kappa shape index (κ2) is 3.79. The molecule has 7 heteroatoms. The monoisotopic (exact) mass is 302 g/mol. The molecule has 0 amide bonds. The average Bonchev–Trinajstić information content (AvgIpc) is 3.07. The largest absolute Gasteiger partial charge is 0.357 e. The molecular formula is C14H4F6O. The number of benzene rings is 2. The summed E-state index contributed by atoms with van der Waals surface area (Å²) in [4.78, 5) is 0. The first-order chi connectivity index (χ1) is 9.93. The van der Waals surface area contributed by atoms with Gasteiger partial charge < -0.3 is 4.74 Å². The third kappa shape index (κ3) is 1.32. The van der Waals surface area contributed by atoms with Crippen molar-refractivity contribution in [3.63, 3.8) is 0 Å². The normalized spacial score (nSPS) is 22.4. The number of hydrogen-bond donors (Lipinski definition) is 0. The van der Waals surface area contributed by atoms with Crippen LogP contribution in [-0.2, 0) is 4.74 Å². The summed E-state index contributed by atoms with van der Waals surface area (Å²) in [5.74, 6) is -11.2. The molecule has 2 aromatic rings. The van der Waals surface area contributed by atoms with Crippen molar-refractivity contribution in [1.29, 1.82) is 0 Å². The lowest BCUT2D eigenvalue weighted by Crippen LogP contribution is -2.08. The van der Waals surface area contributed by atoms with E-state index < -0.39 is 57.9 Å². The Hall–Kier alpha value is -2.02. The van der Waals surface area contributed by atoms with Crippen LogP contribution in [0.3, 0.4) is 0 Å². The minimum absolute atomic E-state index is 0.202. The molecule has 2 unspecified atom stereocenters. The van der Waals surface area contributed by atoms with E-state index in [1.807, 2.05) is 0 Å². The highest BCUT2D eigenvalue weighted by Gasteiger charge is 2.42. The summed E-state index contributed by atoms with van der Waals surface area (Å²) in [5.41, 5.74) is -0.511. The molecule has 2 aliphatic rings. The predicted molar refractivity (Wildman–Crippen MR) is 59.4 cm³/mol. The molecule has 2 bridgehead atoms. The van der Waals surface area contributed by atoms with Crippen molar-refractivity contribution in [3.05, 3.63) is 58.2 Å². The van der Waals surface area contributed by atoms with Crippen LogP contribution in [0.1, 0.15) is 23.3 Å². The van der Waals surface area contributed by atoms with E-state index >= 15 is 0 Å². The van der Waals surface area contributed by atoms with E-state index in [4.69, 9.17) is 4.74 Å². The summed E-state index contributed by atoms with van der Waals surface area (Å²) in [6.45, 7) is 0. The van der Waals surface area contributed by atoms with Gasteiger partial charge in [-0.15, -0.1) is 0 Å². The van der Waals surface area contributed by atoms with Gasteiger partial charge in [0.1, 0.15) is 12.2 Å². The Kier molecular flexibility index (Phi) is 2.29. The van der Waals surface area contributed by atoms with E-state index in [0.717, 1.165) is 0 Å². The second-order valence-corrected chi connectivity index (χ2v) is 4.82. The van der Waals surface area contributed by atoms with Crippen molar-refractivity contribution in [2.24, 2.45) is 0 Å². The van der Waals surface area contributed by atoms with E-state index in [1.165, 1.54) is 12.2 Å². The van der Waals surface area contributed by atoms with Gasteiger partial charge in [0.2, 0.25) is 0 Å². The molecule has 0 aromatic heterocycles. The SMILES string of the molecule is Fc1c(F)c(F)c2c3c(c(F)c(F)c2c1F)C1C=CC3O1. The molecule has 108 valence electrons. The maximum Gasteiger partial charge on any atom is 0.198 e. The third-order valence-corrected chi connectivity index (χ3v) is 3.80. The Morgan fingerprint density at radius 1 is 0.571 bits per heavy atom. The summed E-state index contributed by atoms with van der Waals surface area (Å²) in [6, 6.07) is 0. The van der Waals surface area contributed by atoms with Gasteiger partial charge in [0.05, 0.1) is 5.39 Å². The Morgan fingerprint density at radius 3 is 1.67 bits per heavy atom. The van der Waals surface area contributed by atoms with Crippen molar-refractivity contribution < 1.29 is 31.1 Å². The molecule has 21 heavy (non-hydrogen) atoms. The number of fused-ring (bicyclic) bond motifs is 7. The molecule has 0 aliphatic carbocycles. The molecule has 2 atom stereocenters. The van der Waals surface area contributed by atoms with Crippen LogP contribution >= 0.6 is 0 Å². The Bertz CT molecular complexity index is 857. The van der Waals surface area contributed by atoms with E-state index in [0.29, 0.717) is 0 Å². The summed E-state index contributed by atoms with van der Waals surface area (Å²) in [6.07, 6.45) is 0.971. The standard InChI is InChI=1S/C14H4F6O/c15-9-6-4-2-1-3(21-4)5(6)7-8(11(9)17)12(18)14(20)13(19)10(7)16/h1-4H. The molecule has 0 saturated carbocycles. The quantitative estimate of drug-likeness (QED) is 0.304. The summed E-state index contributed by atoms with van der Waals surface area (Å²) >= 11 is 0. The lowest BCUT2D eigenvalue weighted by atomic mass is 9.90. The second-order valence-electron chi connectivity index (χ2n) is 4.82. The molecule has 4 rings (SSSR count). The van der Waals surface area contributed by atoms with Gasteiger partial charge in [0, 0.05) is 16.5 Å². The lowest BCUT2D eigenvalue weighted by Gasteiger charge is -2.15. The van der Waals surface area contributed by atoms with E-state index in [2.05, 4.69) is 0 Å². The van der Waals surface area contributed by atoms with E-state index in [1.54, 1.807) is 0 Å². The summed E-state index contributed by atoms with van der Waals surface area (Å²) in [7, 11) is 0. The van der Waals surface area contributed by atoms with Crippen molar-refractivity contribution in [3.8, 4) is 0 Å². The highest BCUT2D eigenvalue weighted by atomic mass is 19.2. The fourth-order valence-corrected chi connectivity index (χ4v) is 2.92. The molecule has 1 nitrogen and oxygen atoms in total. The number of rotatable bonds is 0.